The van der Waals surface area contributed by atoms with Crippen molar-refractivity contribution in [3.8, 4) is 0 Å². The quantitative estimate of drug-likeness (QED) is 0.380. The van der Waals surface area contributed by atoms with Gasteiger partial charge in [-0.2, -0.15) is 13.2 Å². The fourth-order valence-electron chi connectivity index (χ4n) is 2.74. The molecule has 12 heteroatoms. The number of carbonyl (C=O) groups is 1. The van der Waals surface area contributed by atoms with Gasteiger partial charge in [-0.05, 0) is 56.7 Å². The fourth-order valence-corrected chi connectivity index (χ4v) is 3.31. The number of sulfonamides is 1. The number of halogens is 4. The highest BCUT2D eigenvalue weighted by Gasteiger charge is 2.33. The molecule has 0 aliphatic heterocycles. The topological polar surface area (TPSA) is 100 Å². The molecule has 1 aromatic carbocycles. The van der Waals surface area contributed by atoms with Gasteiger partial charge in [0.15, 0.2) is 0 Å². The Morgan fingerprint density at radius 3 is 2.33 bits per heavy atom. The van der Waals surface area contributed by atoms with Gasteiger partial charge in [0.05, 0.1) is 18.0 Å². The summed E-state index contributed by atoms with van der Waals surface area (Å²) in [5, 5.41) is 5.42. The van der Waals surface area contributed by atoms with Crippen LogP contribution in [-0.4, -0.2) is 31.6 Å². The number of hydrogen-bond donors (Lipinski definition) is 3. The lowest BCUT2D eigenvalue weighted by Gasteiger charge is -2.15. The van der Waals surface area contributed by atoms with E-state index in [9.17, 15) is 30.8 Å². The Kier molecular flexibility index (Phi) is 8.06. The van der Waals surface area contributed by atoms with Crippen LogP contribution in [-0.2, 0) is 21.0 Å². The van der Waals surface area contributed by atoms with Crippen molar-refractivity contribution in [1.29, 1.82) is 0 Å². The highest BCUT2D eigenvalue weighted by molar-refractivity contribution is 7.92. The Bertz CT molecular complexity index is 1150. The second-order valence-corrected chi connectivity index (χ2v) is 9.36. The van der Waals surface area contributed by atoms with E-state index >= 15 is 0 Å². The molecule has 0 aliphatic rings. The normalized spacial score (nSPS) is 13.2. The van der Waals surface area contributed by atoms with E-state index in [2.05, 4.69) is 15.6 Å². The summed E-state index contributed by atoms with van der Waals surface area (Å²) < 4.78 is 77.6. The lowest BCUT2D eigenvalue weighted by Crippen LogP contribution is -2.24. The summed E-state index contributed by atoms with van der Waals surface area (Å²) in [5.41, 5.74) is -0.621. The Morgan fingerprint density at radius 2 is 1.79 bits per heavy atom. The Balaban J connectivity index is 2.15. The number of anilines is 2. The molecule has 0 radical (unpaired) electrons. The minimum atomic E-state index is -4.61. The minimum absolute atomic E-state index is 0.0204. The number of alkyl halides is 3. The van der Waals surface area contributed by atoms with E-state index in [0.29, 0.717) is 5.56 Å². The SMILES string of the molecule is CC(C)Nc1nc(C(F)(F)F)ccc1C=CC(=O)NC(C)c1ccc(NS(C)(=O)=O)c(F)c1. The summed E-state index contributed by atoms with van der Waals surface area (Å²) in [6.45, 7) is 5.06. The second kappa shape index (κ2) is 10.2. The average Bonchev–Trinajstić information content (AvgIpc) is 2.66. The lowest BCUT2D eigenvalue weighted by molar-refractivity contribution is -0.141. The van der Waals surface area contributed by atoms with Crippen LogP contribution < -0.4 is 15.4 Å². The lowest BCUT2D eigenvalue weighted by atomic mass is 10.1. The third-order valence-electron chi connectivity index (χ3n) is 4.20. The van der Waals surface area contributed by atoms with Crippen molar-refractivity contribution in [2.24, 2.45) is 0 Å². The van der Waals surface area contributed by atoms with Gasteiger partial charge in [-0.1, -0.05) is 6.07 Å². The van der Waals surface area contributed by atoms with Gasteiger partial charge < -0.3 is 10.6 Å². The van der Waals surface area contributed by atoms with E-state index in [1.54, 1.807) is 20.8 Å². The first-order valence-corrected chi connectivity index (χ1v) is 11.7. The number of amides is 1. The molecule has 3 N–H and O–H groups in total. The predicted molar refractivity (Wildman–Crippen MR) is 118 cm³/mol. The van der Waals surface area contributed by atoms with Crippen LogP contribution >= 0.6 is 0 Å². The smallest absolute Gasteiger partial charge is 0.367 e. The number of pyridine rings is 1. The minimum Gasteiger partial charge on any atom is -0.367 e. The van der Waals surface area contributed by atoms with Crippen molar-refractivity contribution in [1.82, 2.24) is 10.3 Å². The van der Waals surface area contributed by atoms with Gasteiger partial charge in [-0.25, -0.2) is 17.8 Å². The van der Waals surface area contributed by atoms with Crippen molar-refractivity contribution in [2.45, 2.75) is 39.0 Å². The van der Waals surface area contributed by atoms with Crippen LogP contribution in [0.2, 0.25) is 0 Å². The largest absolute Gasteiger partial charge is 0.433 e. The predicted octanol–water partition coefficient (Wildman–Crippen LogP) is 4.32. The van der Waals surface area contributed by atoms with Crippen LogP contribution in [0.5, 0.6) is 0 Å². The second-order valence-electron chi connectivity index (χ2n) is 7.61. The Labute approximate surface area is 189 Å². The molecule has 0 bridgehead atoms. The highest BCUT2D eigenvalue weighted by Crippen LogP contribution is 2.30. The molecule has 180 valence electrons. The molecular weight excluding hydrogens is 464 g/mol. The van der Waals surface area contributed by atoms with Crippen LogP contribution in [0, 0.1) is 5.82 Å². The Morgan fingerprint density at radius 1 is 1.12 bits per heavy atom. The van der Waals surface area contributed by atoms with Gasteiger partial charge >= 0.3 is 6.18 Å². The average molecular weight is 489 g/mol. The summed E-state index contributed by atoms with van der Waals surface area (Å²) in [6.07, 6.45) is -1.27. The number of hydrogen-bond acceptors (Lipinski definition) is 5. The first kappa shape index (κ1) is 26.1. The van der Waals surface area contributed by atoms with Crippen LogP contribution in [0.15, 0.2) is 36.4 Å². The number of aromatic nitrogens is 1. The van der Waals surface area contributed by atoms with Crippen LogP contribution in [0.1, 0.15) is 43.6 Å². The maximum absolute atomic E-state index is 14.2. The summed E-state index contributed by atoms with van der Waals surface area (Å²) >= 11 is 0. The summed E-state index contributed by atoms with van der Waals surface area (Å²) in [6, 6.07) is 4.97. The summed E-state index contributed by atoms with van der Waals surface area (Å²) in [5.74, 6) is -1.40. The van der Waals surface area contributed by atoms with Crippen LogP contribution in [0.3, 0.4) is 0 Å². The zero-order valence-electron chi connectivity index (χ0n) is 18.3. The molecule has 7 nitrogen and oxygen atoms in total. The first-order chi connectivity index (χ1) is 15.2. The van der Waals surface area contributed by atoms with Gasteiger partial charge in [0, 0.05) is 17.7 Å². The van der Waals surface area contributed by atoms with Gasteiger partial charge in [0.1, 0.15) is 17.3 Å². The monoisotopic (exact) mass is 488 g/mol. The molecule has 1 amide bonds. The molecule has 0 fully saturated rings. The molecule has 0 aliphatic carbocycles. The van der Waals surface area contributed by atoms with E-state index in [4.69, 9.17) is 0 Å². The number of rotatable bonds is 8. The van der Waals surface area contributed by atoms with Gasteiger partial charge in [-0.15, -0.1) is 0 Å². The van der Waals surface area contributed by atoms with E-state index in [0.717, 1.165) is 24.5 Å². The molecule has 0 spiro atoms. The van der Waals surface area contributed by atoms with Gasteiger partial charge in [-0.3, -0.25) is 9.52 Å². The molecule has 1 atom stereocenters. The molecule has 1 heterocycles. The Hall–Kier alpha value is -3.15. The van der Waals surface area contributed by atoms with E-state index in [1.807, 2.05) is 4.72 Å². The van der Waals surface area contributed by atoms with Crippen molar-refractivity contribution >= 4 is 33.5 Å². The molecular formula is C21H24F4N4O3S. The van der Waals surface area contributed by atoms with Crippen molar-refractivity contribution in [2.75, 3.05) is 16.3 Å². The number of nitrogens with zero attached hydrogens (tertiary/aromatic N) is 1. The molecule has 1 aromatic heterocycles. The maximum Gasteiger partial charge on any atom is 0.433 e. The number of nitrogens with one attached hydrogen (secondary N) is 3. The fraction of sp³-hybridized carbons (Fsp3) is 0.333. The van der Waals surface area contributed by atoms with Crippen molar-refractivity contribution in [3.63, 3.8) is 0 Å². The summed E-state index contributed by atoms with van der Waals surface area (Å²) in [4.78, 5) is 15.9. The molecule has 2 aromatic rings. The zero-order valence-corrected chi connectivity index (χ0v) is 19.1. The maximum atomic E-state index is 14.2. The van der Waals surface area contributed by atoms with Crippen molar-refractivity contribution < 1.29 is 30.8 Å². The van der Waals surface area contributed by atoms with Crippen LogP contribution in [0.25, 0.3) is 6.08 Å². The van der Waals surface area contributed by atoms with Crippen molar-refractivity contribution in [3.05, 3.63) is 59.0 Å². The third-order valence-corrected chi connectivity index (χ3v) is 4.79. The highest BCUT2D eigenvalue weighted by atomic mass is 32.2. The molecule has 2 rings (SSSR count). The van der Waals surface area contributed by atoms with E-state index in [1.165, 1.54) is 24.3 Å². The van der Waals surface area contributed by atoms with Gasteiger partial charge in [0.25, 0.3) is 0 Å². The standard InChI is InChI=1S/C21H24F4N4O3S/c1-12(2)26-20-14(6-9-18(28-20)21(23,24)25)7-10-19(30)27-13(3)15-5-8-17(16(22)11-15)29-33(4,31)32/h5-13,29H,1-4H3,(H,26,28)(H,27,30). The summed E-state index contributed by atoms with van der Waals surface area (Å²) in [7, 11) is -3.65. The van der Waals surface area contributed by atoms with E-state index in [-0.39, 0.29) is 23.1 Å². The number of benzene rings is 1. The third kappa shape index (κ3) is 8.04. The molecule has 33 heavy (non-hydrogen) atoms. The number of carbonyl (C=O) groups excluding carboxylic acids is 1. The van der Waals surface area contributed by atoms with Gasteiger partial charge in [0.2, 0.25) is 15.9 Å². The molecule has 1 unspecified atom stereocenters. The zero-order chi connectivity index (χ0) is 25.0. The first-order valence-electron chi connectivity index (χ1n) is 9.76. The van der Waals surface area contributed by atoms with Crippen LogP contribution in [0.4, 0.5) is 29.1 Å². The molecule has 0 saturated carbocycles. The van der Waals surface area contributed by atoms with E-state index < -0.39 is 39.7 Å². The molecule has 0 saturated heterocycles.